The molecule has 1 aromatic heterocycles. The fourth-order valence-electron chi connectivity index (χ4n) is 2.04. The quantitative estimate of drug-likeness (QED) is 0.867. The van der Waals surface area contributed by atoms with Gasteiger partial charge in [-0.3, -0.25) is 4.79 Å². The lowest BCUT2D eigenvalue weighted by Crippen LogP contribution is -2.32. The molecule has 0 fully saturated rings. The van der Waals surface area contributed by atoms with Crippen LogP contribution in [0.2, 0.25) is 0 Å². The third-order valence-corrected chi connectivity index (χ3v) is 3.10. The summed E-state index contributed by atoms with van der Waals surface area (Å²) in [6.45, 7) is 4.68. The zero-order valence-electron chi connectivity index (χ0n) is 11.7. The van der Waals surface area contributed by atoms with Gasteiger partial charge in [-0.25, -0.2) is 4.68 Å². The van der Waals surface area contributed by atoms with Crippen molar-refractivity contribution < 1.29 is 4.79 Å². The maximum atomic E-state index is 12.0. The molecule has 1 aromatic carbocycles. The molecule has 0 aliphatic rings. The van der Waals surface area contributed by atoms with Crippen molar-refractivity contribution in [3.05, 3.63) is 42.2 Å². The monoisotopic (exact) mass is 273 g/mol. The predicted octanol–water partition coefficient (Wildman–Crippen LogP) is 1.58. The Morgan fingerprint density at radius 3 is 2.65 bits per heavy atom. The van der Waals surface area contributed by atoms with E-state index >= 15 is 0 Å². The summed E-state index contributed by atoms with van der Waals surface area (Å²) in [6, 6.07) is 10.0. The summed E-state index contributed by atoms with van der Waals surface area (Å²) in [6.07, 6.45) is 1.87. The summed E-state index contributed by atoms with van der Waals surface area (Å²) in [4.78, 5) is 12.0. The first kappa shape index (κ1) is 14.2. The molecule has 2 aromatic rings. The Morgan fingerprint density at radius 1 is 1.30 bits per heavy atom. The molecule has 0 saturated carbocycles. The highest BCUT2D eigenvalue weighted by molar-refractivity contribution is 5.76. The average molecular weight is 273 g/mol. The molecule has 6 heteroatoms. The number of hydrogen-bond donors (Lipinski definition) is 1. The molecule has 106 valence electrons. The summed E-state index contributed by atoms with van der Waals surface area (Å²) in [5.41, 5.74) is 1.12. The molecule has 0 saturated heterocycles. The average Bonchev–Trinajstić information content (AvgIpc) is 2.96. The summed E-state index contributed by atoms with van der Waals surface area (Å²) in [5.74, 6) is 0.331. The molecule has 1 N–H and O–H groups in total. The van der Waals surface area contributed by atoms with E-state index in [4.69, 9.17) is 0 Å². The van der Waals surface area contributed by atoms with Gasteiger partial charge in [0.1, 0.15) is 6.33 Å². The van der Waals surface area contributed by atoms with E-state index in [0.29, 0.717) is 18.9 Å². The Morgan fingerprint density at radius 2 is 2.05 bits per heavy atom. The van der Waals surface area contributed by atoms with Gasteiger partial charge in [0.15, 0.2) is 0 Å². The van der Waals surface area contributed by atoms with Gasteiger partial charge in [-0.1, -0.05) is 44.2 Å². The summed E-state index contributed by atoms with van der Waals surface area (Å²) < 4.78 is 1.55. The standard InChI is InChI=1S/C14H19N5O/c1-11(2)14(12-6-4-3-5-7-12)16-13(20)8-9-19-10-15-17-18-19/h3-7,10-11,14H,8-9H2,1-2H3,(H,16,20)/t14-/m0/s1. The molecule has 0 aliphatic carbocycles. The number of amides is 1. The first-order valence-corrected chi connectivity index (χ1v) is 6.72. The molecule has 1 atom stereocenters. The van der Waals surface area contributed by atoms with Crippen LogP contribution in [0.4, 0.5) is 0 Å². The fourth-order valence-corrected chi connectivity index (χ4v) is 2.04. The van der Waals surface area contributed by atoms with Crippen LogP contribution in [0.15, 0.2) is 36.7 Å². The van der Waals surface area contributed by atoms with Gasteiger partial charge in [-0.15, -0.1) is 5.10 Å². The van der Waals surface area contributed by atoms with Crippen molar-refractivity contribution in [1.82, 2.24) is 25.5 Å². The smallest absolute Gasteiger partial charge is 0.222 e. The van der Waals surface area contributed by atoms with Gasteiger partial charge in [-0.05, 0) is 21.9 Å². The van der Waals surface area contributed by atoms with E-state index < -0.39 is 0 Å². The molecule has 6 nitrogen and oxygen atoms in total. The largest absolute Gasteiger partial charge is 0.349 e. The molecule has 0 aliphatic heterocycles. The maximum absolute atomic E-state index is 12.0. The van der Waals surface area contributed by atoms with Crippen LogP contribution in [0.5, 0.6) is 0 Å². The lowest BCUT2D eigenvalue weighted by molar-refractivity contribution is -0.122. The van der Waals surface area contributed by atoms with Crippen molar-refractivity contribution in [3.63, 3.8) is 0 Å². The Hall–Kier alpha value is -2.24. The molecule has 0 unspecified atom stereocenters. The van der Waals surface area contributed by atoms with Crippen LogP contribution in [0, 0.1) is 5.92 Å². The van der Waals surface area contributed by atoms with E-state index in [1.54, 1.807) is 4.68 Å². The van der Waals surface area contributed by atoms with E-state index in [9.17, 15) is 4.79 Å². The zero-order chi connectivity index (χ0) is 14.4. The molecular weight excluding hydrogens is 254 g/mol. The highest BCUT2D eigenvalue weighted by Gasteiger charge is 2.17. The topological polar surface area (TPSA) is 72.7 Å². The zero-order valence-corrected chi connectivity index (χ0v) is 11.7. The van der Waals surface area contributed by atoms with Crippen LogP contribution in [-0.4, -0.2) is 26.1 Å². The highest BCUT2D eigenvalue weighted by Crippen LogP contribution is 2.21. The van der Waals surface area contributed by atoms with E-state index in [-0.39, 0.29) is 11.9 Å². The summed E-state index contributed by atoms with van der Waals surface area (Å²) >= 11 is 0. The van der Waals surface area contributed by atoms with Gasteiger partial charge >= 0.3 is 0 Å². The molecule has 0 bridgehead atoms. The first-order valence-electron chi connectivity index (χ1n) is 6.72. The highest BCUT2D eigenvalue weighted by atomic mass is 16.1. The van der Waals surface area contributed by atoms with E-state index in [0.717, 1.165) is 5.56 Å². The molecule has 0 spiro atoms. The Labute approximate surface area is 118 Å². The number of carbonyl (C=O) groups excluding carboxylic acids is 1. The Bertz CT molecular complexity index is 524. The van der Waals surface area contributed by atoms with Gasteiger partial charge in [0.05, 0.1) is 12.6 Å². The second kappa shape index (κ2) is 6.79. The molecular formula is C14H19N5O. The van der Waals surface area contributed by atoms with Gasteiger partial charge in [-0.2, -0.15) is 0 Å². The number of nitrogens with zero attached hydrogens (tertiary/aromatic N) is 4. The first-order chi connectivity index (χ1) is 9.66. The summed E-state index contributed by atoms with van der Waals surface area (Å²) in [5, 5.41) is 13.9. The third kappa shape index (κ3) is 3.88. The number of hydrogen-bond acceptors (Lipinski definition) is 4. The van der Waals surface area contributed by atoms with Crippen LogP contribution >= 0.6 is 0 Å². The van der Waals surface area contributed by atoms with Gasteiger partial charge < -0.3 is 5.32 Å². The Balaban J connectivity index is 1.93. The molecule has 2 rings (SSSR count). The number of benzene rings is 1. The minimum absolute atomic E-state index is 0.00283. The van der Waals surface area contributed by atoms with Crippen molar-refractivity contribution in [2.75, 3.05) is 0 Å². The molecule has 1 amide bonds. The number of aryl methyl sites for hydroxylation is 1. The second-order valence-electron chi connectivity index (χ2n) is 5.02. The number of aromatic nitrogens is 4. The van der Waals surface area contributed by atoms with Crippen molar-refractivity contribution >= 4 is 5.91 Å². The number of carbonyl (C=O) groups is 1. The van der Waals surface area contributed by atoms with Crippen LogP contribution in [0.3, 0.4) is 0 Å². The van der Waals surface area contributed by atoms with Crippen molar-refractivity contribution in [2.45, 2.75) is 32.9 Å². The maximum Gasteiger partial charge on any atom is 0.222 e. The van der Waals surface area contributed by atoms with E-state index in [1.165, 1.54) is 6.33 Å². The van der Waals surface area contributed by atoms with Gasteiger partial charge in [0, 0.05) is 6.42 Å². The second-order valence-corrected chi connectivity index (χ2v) is 5.02. The minimum Gasteiger partial charge on any atom is -0.349 e. The number of rotatable bonds is 6. The lowest BCUT2D eigenvalue weighted by Gasteiger charge is -2.23. The van der Waals surface area contributed by atoms with Crippen LogP contribution < -0.4 is 5.32 Å². The molecule has 20 heavy (non-hydrogen) atoms. The third-order valence-electron chi connectivity index (χ3n) is 3.10. The van der Waals surface area contributed by atoms with Crippen LogP contribution in [0.1, 0.15) is 31.9 Å². The van der Waals surface area contributed by atoms with Gasteiger partial charge in [0.25, 0.3) is 0 Å². The van der Waals surface area contributed by atoms with Crippen LogP contribution in [-0.2, 0) is 11.3 Å². The minimum atomic E-state index is 0.00283. The van der Waals surface area contributed by atoms with Gasteiger partial charge in [0.2, 0.25) is 5.91 Å². The predicted molar refractivity (Wildman–Crippen MR) is 74.6 cm³/mol. The van der Waals surface area contributed by atoms with E-state index in [2.05, 4.69) is 34.7 Å². The number of tetrazole rings is 1. The van der Waals surface area contributed by atoms with Crippen molar-refractivity contribution in [1.29, 1.82) is 0 Å². The molecule has 1 heterocycles. The SMILES string of the molecule is CC(C)[C@H](NC(=O)CCn1cnnn1)c1ccccc1. The number of nitrogens with one attached hydrogen (secondary N) is 1. The summed E-state index contributed by atoms with van der Waals surface area (Å²) in [7, 11) is 0. The van der Waals surface area contributed by atoms with Crippen molar-refractivity contribution in [2.24, 2.45) is 5.92 Å². The van der Waals surface area contributed by atoms with Crippen LogP contribution in [0.25, 0.3) is 0 Å². The Kier molecular flexibility index (Phi) is 4.81. The normalized spacial score (nSPS) is 12.3. The molecule has 0 radical (unpaired) electrons. The lowest BCUT2D eigenvalue weighted by atomic mass is 9.96. The van der Waals surface area contributed by atoms with E-state index in [1.807, 2.05) is 30.3 Å². The fraction of sp³-hybridized carbons (Fsp3) is 0.429. The van der Waals surface area contributed by atoms with Crippen molar-refractivity contribution in [3.8, 4) is 0 Å².